The van der Waals surface area contributed by atoms with Crippen LogP contribution in [0.5, 0.6) is 0 Å². The summed E-state index contributed by atoms with van der Waals surface area (Å²) in [4.78, 5) is 8.19. The van der Waals surface area contributed by atoms with Gasteiger partial charge in [-0.15, -0.1) is 0 Å². The van der Waals surface area contributed by atoms with Crippen LogP contribution in [0.1, 0.15) is 25.0 Å². The zero-order valence-corrected chi connectivity index (χ0v) is 7.03. The summed E-state index contributed by atoms with van der Waals surface area (Å²) in [5, 5.41) is 0. The molecule has 1 aromatic heterocycles. The van der Waals surface area contributed by atoms with Crippen molar-refractivity contribution in [1.29, 1.82) is 0 Å². The molecule has 0 atom stereocenters. The fourth-order valence-corrected chi connectivity index (χ4v) is 1.25. The van der Waals surface area contributed by atoms with E-state index >= 15 is 0 Å². The Morgan fingerprint density at radius 3 is 2.83 bits per heavy atom. The van der Waals surface area contributed by atoms with Gasteiger partial charge in [0.15, 0.2) is 0 Å². The molecule has 2 rings (SSSR count). The van der Waals surface area contributed by atoms with E-state index in [0.717, 1.165) is 18.5 Å². The van der Waals surface area contributed by atoms with Gasteiger partial charge in [-0.25, -0.2) is 0 Å². The Morgan fingerprint density at radius 2 is 2.25 bits per heavy atom. The molecule has 12 heavy (non-hydrogen) atoms. The summed E-state index contributed by atoms with van der Waals surface area (Å²) in [5.41, 5.74) is 7.13. The molecule has 1 heterocycles. The summed E-state index contributed by atoms with van der Waals surface area (Å²) < 4.78 is 0. The standard InChI is InChI=1S/C9H13N3/c10-9(3-4-9)2-1-8-7-11-5-6-12-8/h5-7H,1-4,10H2. The maximum atomic E-state index is 5.95. The van der Waals surface area contributed by atoms with Crippen molar-refractivity contribution in [3.63, 3.8) is 0 Å². The van der Waals surface area contributed by atoms with Crippen molar-refractivity contribution in [3.8, 4) is 0 Å². The first-order valence-electron chi connectivity index (χ1n) is 4.32. The molecule has 0 amide bonds. The summed E-state index contributed by atoms with van der Waals surface area (Å²) >= 11 is 0. The lowest BCUT2D eigenvalue weighted by Crippen LogP contribution is -2.22. The molecule has 64 valence electrons. The topological polar surface area (TPSA) is 51.8 Å². The van der Waals surface area contributed by atoms with Gasteiger partial charge in [0.05, 0.1) is 5.69 Å². The predicted molar refractivity (Wildman–Crippen MR) is 46.5 cm³/mol. The predicted octanol–water partition coefficient (Wildman–Crippen LogP) is 0.900. The molecule has 1 aromatic rings. The molecule has 1 fully saturated rings. The average molecular weight is 163 g/mol. The zero-order valence-electron chi connectivity index (χ0n) is 7.03. The highest BCUT2D eigenvalue weighted by atomic mass is 14.8. The third-order valence-electron chi connectivity index (χ3n) is 2.39. The van der Waals surface area contributed by atoms with Gasteiger partial charge in [-0.05, 0) is 25.7 Å². The van der Waals surface area contributed by atoms with E-state index in [4.69, 9.17) is 5.73 Å². The Morgan fingerprint density at radius 1 is 1.42 bits per heavy atom. The van der Waals surface area contributed by atoms with Crippen molar-refractivity contribution in [2.45, 2.75) is 31.2 Å². The molecular formula is C9H13N3. The van der Waals surface area contributed by atoms with E-state index in [0.29, 0.717) is 0 Å². The Bertz CT molecular complexity index is 254. The van der Waals surface area contributed by atoms with Crippen LogP contribution >= 0.6 is 0 Å². The van der Waals surface area contributed by atoms with Gasteiger partial charge >= 0.3 is 0 Å². The molecule has 1 aliphatic rings. The first-order valence-corrected chi connectivity index (χ1v) is 4.32. The van der Waals surface area contributed by atoms with Crippen molar-refractivity contribution >= 4 is 0 Å². The Labute approximate surface area is 72.0 Å². The molecule has 0 spiro atoms. The maximum Gasteiger partial charge on any atom is 0.0587 e. The summed E-state index contributed by atoms with van der Waals surface area (Å²) in [6.07, 6.45) is 9.59. The number of nitrogens with zero attached hydrogens (tertiary/aromatic N) is 2. The van der Waals surface area contributed by atoms with Gasteiger partial charge in [0.25, 0.3) is 0 Å². The molecular weight excluding hydrogens is 150 g/mol. The zero-order chi connectivity index (χ0) is 8.44. The SMILES string of the molecule is NC1(CCc2cnccn2)CC1. The lowest BCUT2D eigenvalue weighted by atomic mass is 10.1. The normalized spacial score (nSPS) is 19.1. The Balaban J connectivity index is 1.88. The molecule has 2 N–H and O–H groups in total. The van der Waals surface area contributed by atoms with Gasteiger partial charge in [0.1, 0.15) is 0 Å². The maximum absolute atomic E-state index is 5.95. The number of rotatable bonds is 3. The second kappa shape index (κ2) is 2.83. The lowest BCUT2D eigenvalue weighted by Gasteiger charge is -2.06. The van der Waals surface area contributed by atoms with Crippen molar-refractivity contribution in [2.24, 2.45) is 5.73 Å². The second-order valence-electron chi connectivity index (χ2n) is 3.56. The van der Waals surface area contributed by atoms with Crippen LogP contribution in [0, 0.1) is 0 Å². The Kier molecular flexibility index (Phi) is 1.81. The molecule has 1 saturated carbocycles. The number of nitrogens with two attached hydrogens (primary N) is 1. The average Bonchev–Trinajstić information content (AvgIpc) is 2.84. The van der Waals surface area contributed by atoms with Crippen LogP contribution in [-0.4, -0.2) is 15.5 Å². The van der Waals surface area contributed by atoms with Crippen molar-refractivity contribution < 1.29 is 0 Å². The molecule has 0 radical (unpaired) electrons. The smallest absolute Gasteiger partial charge is 0.0587 e. The molecule has 0 aliphatic heterocycles. The fraction of sp³-hybridized carbons (Fsp3) is 0.556. The highest BCUT2D eigenvalue weighted by Gasteiger charge is 2.37. The molecule has 3 nitrogen and oxygen atoms in total. The van der Waals surface area contributed by atoms with Gasteiger partial charge in [-0.1, -0.05) is 0 Å². The molecule has 0 bridgehead atoms. The van der Waals surface area contributed by atoms with Crippen LogP contribution in [0.3, 0.4) is 0 Å². The highest BCUT2D eigenvalue weighted by molar-refractivity contribution is 5.03. The van der Waals surface area contributed by atoms with E-state index in [1.165, 1.54) is 12.8 Å². The van der Waals surface area contributed by atoms with Gasteiger partial charge in [0.2, 0.25) is 0 Å². The van der Waals surface area contributed by atoms with Crippen LogP contribution in [0.4, 0.5) is 0 Å². The summed E-state index contributed by atoms with van der Waals surface area (Å²) in [7, 11) is 0. The van der Waals surface area contributed by atoms with Gasteiger partial charge in [0, 0.05) is 24.1 Å². The molecule has 1 aliphatic carbocycles. The Hall–Kier alpha value is -0.960. The van der Waals surface area contributed by atoms with Gasteiger partial charge in [-0.2, -0.15) is 0 Å². The number of aryl methyl sites for hydroxylation is 1. The summed E-state index contributed by atoms with van der Waals surface area (Å²) in [6, 6.07) is 0. The van der Waals surface area contributed by atoms with Crippen molar-refractivity contribution in [1.82, 2.24) is 9.97 Å². The molecule has 0 aromatic carbocycles. The van der Waals surface area contributed by atoms with Crippen LogP contribution in [0.2, 0.25) is 0 Å². The molecule has 0 saturated heterocycles. The van der Waals surface area contributed by atoms with Gasteiger partial charge < -0.3 is 5.73 Å². The van der Waals surface area contributed by atoms with E-state index in [9.17, 15) is 0 Å². The monoisotopic (exact) mass is 163 g/mol. The third kappa shape index (κ3) is 1.80. The van der Waals surface area contributed by atoms with E-state index in [-0.39, 0.29) is 5.54 Å². The van der Waals surface area contributed by atoms with E-state index in [1.54, 1.807) is 12.4 Å². The molecule has 3 heteroatoms. The third-order valence-corrected chi connectivity index (χ3v) is 2.39. The van der Waals surface area contributed by atoms with Gasteiger partial charge in [-0.3, -0.25) is 9.97 Å². The van der Waals surface area contributed by atoms with Crippen molar-refractivity contribution in [2.75, 3.05) is 0 Å². The minimum atomic E-state index is 0.136. The minimum Gasteiger partial charge on any atom is -0.325 e. The number of hydrogen-bond donors (Lipinski definition) is 1. The molecule has 0 unspecified atom stereocenters. The summed E-state index contributed by atoms with van der Waals surface area (Å²) in [5.74, 6) is 0. The van der Waals surface area contributed by atoms with Crippen LogP contribution in [-0.2, 0) is 6.42 Å². The second-order valence-corrected chi connectivity index (χ2v) is 3.56. The first kappa shape index (κ1) is 7.68. The fourth-order valence-electron chi connectivity index (χ4n) is 1.25. The lowest BCUT2D eigenvalue weighted by molar-refractivity contribution is 0.602. The van der Waals surface area contributed by atoms with E-state index in [1.807, 2.05) is 6.20 Å². The largest absolute Gasteiger partial charge is 0.325 e. The van der Waals surface area contributed by atoms with Crippen molar-refractivity contribution in [3.05, 3.63) is 24.3 Å². The highest BCUT2D eigenvalue weighted by Crippen LogP contribution is 2.36. The van der Waals surface area contributed by atoms with Crippen LogP contribution < -0.4 is 5.73 Å². The number of hydrogen-bond acceptors (Lipinski definition) is 3. The van der Waals surface area contributed by atoms with E-state index in [2.05, 4.69) is 9.97 Å². The summed E-state index contributed by atoms with van der Waals surface area (Å²) in [6.45, 7) is 0. The van der Waals surface area contributed by atoms with Crippen LogP contribution in [0.25, 0.3) is 0 Å². The van der Waals surface area contributed by atoms with E-state index < -0.39 is 0 Å². The quantitative estimate of drug-likeness (QED) is 0.720. The minimum absolute atomic E-state index is 0.136. The number of aromatic nitrogens is 2. The first-order chi connectivity index (χ1) is 5.79. The van der Waals surface area contributed by atoms with Crippen LogP contribution in [0.15, 0.2) is 18.6 Å².